The minimum atomic E-state index is -4.43. The number of rotatable bonds is 7. The van der Waals surface area contributed by atoms with Gasteiger partial charge in [0.05, 0.1) is 29.1 Å². The number of nitrogens with zero attached hydrogens (tertiary/aromatic N) is 4. The molecule has 0 spiro atoms. The molecule has 3 fully saturated rings. The van der Waals surface area contributed by atoms with Gasteiger partial charge < -0.3 is 15.5 Å². The SMILES string of the molecule is NC(=O)CCC(=O)N1CCC(n2ncc(C(=O)N3CC[C@@H](c4ccccc4C(F)(F)F)C3)c2C2CC2)CC1. The van der Waals surface area contributed by atoms with E-state index in [0.29, 0.717) is 44.5 Å². The molecule has 1 aromatic heterocycles. The molecule has 0 unspecified atom stereocenters. The van der Waals surface area contributed by atoms with E-state index in [1.54, 1.807) is 22.1 Å². The largest absolute Gasteiger partial charge is 0.416 e. The Morgan fingerprint density at radius 3 is 2.26 bits per heavy atom. The Labute approximate surface area is 218 Å². The molecule has 2 saturated heterocycles. The Balaban J connectivity index is 1.28. The molecule has 2 aromatic rings. The fourth-order valence-electron chi connectivity index (χ4n) is 5.82. The van der Waals surface area contributed by atoms with Crippen molar-refractivity contribution in [1.82, 2.24) is 19.6 Å². The summed E-state index contributed by atoms with van der Waals surface area (Å²) in [6.45, 7) is 1.73. The van der Waals surface area contributed by atoms with Gasteiger partial charge in [-0.2, -0.15) is 18.3 Å². The average molecular weight is 532 g/mol. The van der Waals surface area contributed by atoms with Crippen molar-refractivity contribution in [1.29, 1.82) is 0 Å². The van der Waals surface area contributed by atoms with Crippen molar-refractivity contribution in [3.8, 4) is 0 Å². The molecular weight excluding hydrogens is 499 g/mol. The molecule has 3 amide bonds. The van der Waals surface area contributed by atoms with Crippen LogP contribution in [-0.4, -0.2) is 63.5 Å². The summed E-state index contributed by atoms with van der Waals surface area (Å²) < 4.78 is 42.6. The molecule has 11 heteroatoms. The first-order chi connectivity index (χ1) is 18.1. The van der Waals surface area contributed by atoms with E-state index in [1.807, 2.05) is 4.68 Å². The highest BCUT2D eigenvalue weighted by Crippen LogP contribution is 2.44. The Hall–Kier alpha value is -3.37. The summed E-state index contributed by atoms with van der Waals surface area (Å²) >= 11 is 0. The van der Waals surface area contributed by atoms with Gasteiger partial charge in [-0.15, -0.1) is 0 Å². The predicted octanol–water partition coefficient (Wildman–Crippen LogP) is 3.84. The highest BCUT2D eigenvalue weighted by molar-refractivity contribution is 5.95. The second kappa shape index (κ2) is 10.4. The molecule has 1 aromatic carbocycles. The third-order valence-corrected chi connectivity index (χ3v) is 7.96. The number of nitrogens with two attached hydrogens (primary N) is 1. The summed E-state index contributed by atoms with van der Waals surface area (Å²) in [5, 5.41) is 4.60. The van der Waals surface area contributed by atoms with Crippen molar-refractivity contribution in [3.63, 3.8) is 0 Å². The lowest BCUT2D eigenvalue weighted by atomic mass is 9.93. The third kappa shape index (κ3) is 5.42. The summed E-state index contributed by atoms with van der Waals surface area (Å²) in [5.74, 6) is -0.880. The molecule has 38 heavy (non-hydrogen) atoms. The maximum Gasteiger partial charge on any atom is 0.416 e. The normalized spacial score (nSPS) is 20.7. The molecule has 3 heterocycles. The zero-order valence-corrected chi connectivity index (χ0v) is 21.1. The minimum Gasteiger partial charge on any atom is -0.370 e. The molecule has 5 rings (SSSR count). The Morgan fingerprint density at radius 2 is 1.61 bits per heavy atom. The van der Waals surface area contributed by atoms with E-state index in [-0.39, 0.29) is 54.6 Å². The van der Waals surface area contributed by atoms with E-state index in [2.05, 4.69) is 5.10 Å². The molecule has 0 radical (unpaired) electrons. The van der Waals surface area contributed by atoms with Crippen molar-refractivity contribution in [2.75, 3.05) is 26.2 Å². The van der Waals surface area contributed by atoms with Gasteiger partial charge in [-0.25, -0.2) is 0 Å². The maximum atomic E-state index is 13.6. The fraction of sp³-hybridized carbons (Fsp3) is 0.556. The van der Waals surface area contributed by atoms with Crippen LogP contribution in [0.15, 0.2) is 30.5 Å². The van der Waals surface area contributed by atoms with Gasteiger partial charge in [0, 0.05) is 50.9 Å². The standard InChI is InChI=1S/C27H32F3N5O3/c28-27(29,30)22-4-2-1-3-20(22)18-9-12-34(16-18)26(38)21-15-32-35(25(21)17-5-6-17)19-10-13-33(14-11-19)24(37)8-7-23(31)36/h1-4,15,17-19H,5-14,16H2,(H2,31,36)/t18-/m1/s1. The fourth-order valence-corrected chi connectivity index (χ4v) is 5.82. The second-order valence-corrected chi connectivity index (χ2v) is 10.6. The zero-order valence-electron chi connectivity index (χ0n) is 21.1. The molecule has 0 bridgehead atoms. The van der Waals surface area contributed by atoms with Crippen molar-refractivity contribution < 1.29 is 27.6 Å². The van der Waals surface area contributed by atoms with Gasteiger partial charge in [0.2, 0.25) is 11.8 Å². The second-order valence-electron chi connectivity index (χ2n) is 10.6. The van der Waals surface area contributed by atoms with E-state index < -0.39 is 17.6 Å². The van der Waals surface area contributed by atoms with E-state index in [4.69, 9.17) is 5.73 Å². The predicted molar refractivity (Wildman–Crippen MR) is 132 cm³/mol. The molecule has 204 valence electrons. The number of amides is 3. The highest BCUT2D eigenvalue weighted by atomic mass is 19.4. The summed E-state index contributed by atoms with van der Waals surface area (Å²) in [6, 6.07) is 5.67. The highest BCUT2D eigenvalue weighted by Gasteiger charge is 2.40. The number of piperidine rings is 1. The first-order valence-electron chi connectivity index (χ1n) is 13.2. The lowest BCUT2D eigenvalue weighted by Crippen LogP contribution is -2.39. The van der Waals surface area contributed by atoms with Crippen molar-refractivity contribution in [2.45, 2.75) is 69.0 Å². The third-order valence-electron chi connectivity index (χ3n) is 7.96. The molecule has 2 aliphatic heterocycles. The van der Waals surface area contributed by atoms with Gasteiger partial charge in [0.1, 0.15) is 0 Å². The van der Waals surface area contributed by atoms with Crippen LogP contribution in [0, 0.1) is 0 Å². The van der Waals surface area contributed by atoms with Gasteiger partial charge in [-0.3, -0.25) is 19.1 Å². The Morgan fingerprint density at radius 1 is 0.921 bits per heavy atom. The first kappa shape index (κ1) is 26.2. The summed E-state index contributed by atoms with van der Waals surface area (Å²) in [5.41, 5.74) is 6.21. The average Bonchev–Trinajstić information content (AvgIpc) is 3.44. The van der Waals surface area contributed by atoms with Gasteiger partial charge in [-0.1, -0.05) is 18.2 Å². The zero-order chi connectivity index (χ0) is 27.0. The molecule has 8 nitrogen and oxygen atoms in total. The molecule has 1 atom stereocenters. The number of hydrogen-bond donors (Lipinski definition) is 1. The van der Waals surface area contributed by atoms with Crippen molar-refractivity contribution in [2.24, 2.45) is 5.73 Å². The number of aromatic nitrogens is 2. The van der Waals surface area contributed by atoms with E-state index in [1.165, 1.54) is 12.1 Å². The quantitative estimate of drug-likeness (QED) is 0.587. The van der Waals surface area contributed by atoms with E-state index >= 15 is 0 Å². The van der Waals surface area contributed by atoms with Crippen LogP contribution in [0.4, 0.5) is 13.2 Å². The van der Waals surface area contributed by atoms with Crippen LogP contribution in [0.5, 0.6) is 0 Å². The van der Waals surface area contributed by atoms with Crippen molar-refractivity contribution >= 4 is 17.7 Å². The number of halogens is 3. The van der Waals surface area contributed by atoms with Crippen LogP contribution in [-0.2, 0) is 15.8 Å². The summed E-state index contributed by atoms with van der Waals surface area (Å²) in [7, 11) is 0. The molecule has 3 aliphatic rings. The molecular formula is C27H32F3N5O3. The number of primary amides is 1. The summed E-state index contributed by atoms with van der Waals surface area (Å²) in [6.07, 6.45) is 1.12. The van der Waals surface area contributed by atoms with Crippen LogP contribution in [0.25, 0.3) is 0 Å². The van der Waals surface area contributed by atoms with Gasteiger partial charge >= 0.3 is 6.18 Å². The number of alkyl halides is 3. The molecule has 1 saturated carbocycles. The maximum absolute atomic E-state index is 13.6. The number of carbonyl (C=O) groups is 3. The number of carbonyl (C=O) groups excluding carboxylic acids is 3. The summed E-state index contributed by atoms with van der Waals surface area (Å²) in [4.78, 5) is 40.3. The van der Waals surface area contributed by atoms with E-state index in [0.717, 1.165) is 24.6 Å². The topological polar surface area (TPSA) is 102 Å². The lowest BCUT2D eigenvalue weighted by molar-refractivity contribution is -0.138. The lowest BCUT2D eigenvalue weighted by Gasteiger charge is -2.33. The van der Waals surface area contributed by atoms with Gasteiger partial charge in [-0.05, 0) is 43.7 Å². The van der Waals surface area contributed by atoms with Crippen LogP contribution in [0.3, 0.4) is 0 Å². The number of likely N-dealkylation sites (tertiary alicyclic amines) is 2. The number of hydrogen-bond acceptors (Lipinski definition) is 4. The van der Waals surface area contributed by atoms with Crippen LogP contribution >= 0.6 is 0 Å². The van der Waals surface area contributed by atoms with Gasteiger partial charge in [0.15, 0.2) is 0 Å². The van der Waals surface area contributed by atoms with Crippen LogP contribution in [0.1, 0.15) is 90.0 Å². The van der Waals surface area contributed by atoms with Gasteiger partial charge in [0.25, 0.3) is 5.91 Å². The monoisotopic (exact) mass is 531 g/mol. The first-order valence-corrected chi connectivity index (χ1v) is 13.2. The van der Waals surface area contributed by atoms with E-state index in [9.17, 15) is 27.6 Å². The molecule has 2 N–H and O–H groups in total. The van der Waals surface area contributed by atoms with Crippen molar-refractivity contribution in [3.05, 3.63) is 52.8 Å². The minimum absolute atomic E-state index is 0.0361. The smallest absolute Gasteiger partial charge is 0.370 e. The Kier molecular flexibility index (Phi) is 7.19. The van der Waals surface area contributed by atoms with Crippen LogP contribution in [0.2, 0.25) is 0 Å². The number of benzene rings is 1. The van der Waals surface area contributed by atoms with Crippen LogP contribution < -0.4 is 5.73 Å². The Bertz CT molecular complexity index is 1210. The molecule has 1 aliphatic carbocycles.